The van der Waals surface area contributed by atoms with Gasteiger partial charge in [0.25, 0.3) is 0 Å². The lowest BCUT2D eigenvalue weighted by molar-refractivity contribution is 0.242. The Bertz CT molecular complexity index is 298. The van der Waals surface area contributed by atoms with Crippen LogP contribution in [0.5, 0.6) is 0 Å². The van der Waals surface area contributed by atoms with Crippen LogP contribution >= 0.6 is 0 Å². The van der Waals surface area contributed by atoms with Crippen molar-refractivity contribution in [2.24, 2.45) is 23.7 Å². The predicted molar refractivity (Wildman–Crippen MR) is 47.4 cm³/mol. The van der Waals surface area contributed by atoms with Gasteiger partial charge >= 0.3 is 0 Å². The van der Waals surface area contributed by atoms with Crippen LogP contribution in [0.25, 0.3) is 0 Å². The van der Waals surface area contributed by atoms with Gasteiger partial charge in [-0.3, -0.25) is 0 Å². The number of rotatable bonds is 1. The normalized spacial score (nSPS) is 46.9. The Morgan fingerprint density at radius 3 is 2.50 bits per heavy atom. The van der Waals surface area contributed by atoms with Crippen LogP contribution in [0.3, 0.4) is 0 Å². The Hall–Kier alpha value is -0.820. The Morgan fingerprint density at radius 1 is 1.08 bits per heavy atom. The molecule has 0 saturated carbocycles. The molecule has 0 aromatic heterocycles. The Balaban J connectivity index is 2.03. The molecule has 0 radical (unpaired) electrons. The lowest BCUT2D eigenvalue weighted by atomic mass is 9.58. The molecule has 2 bridgehead atoms. The molecule has 0 aromatic rings. The Morgan fingerprint density at radius 2 is 1.92 bits per heavy atom. The third-order valence-corrected chi connectivity index (χ3v) is 3.42. The summed E-state index contributed by atoms with van der Waals surface area (Å²) in [6.07, 6.45) is 11.4. The summed E-state index contributed by atoms with van der Waals surface area (Å²) in [7, 11) is 0. The van der Waals surface area contributed by atoms with Gasteiger partial charge in [0.15, 0.2) is 0 Å². The topological polar surface area (TPSA) is 20.2 Å². The highest BCUT2D eigenvalue weighted by Gasteiger charge is 2.42. The number of aliphatic hydroxyl groups excluding tert-OH is 1. The summed E-state index contributed by atoms with van der Waals surface area (Å²) in [6, 6.07) is 0. The van der Waals surface area contributed by atoms with E-state index in [0.29, 0.717) is 17.8 Å². The number of hydrogen-bond donors (Lipinski definition) is 1. The number of aliphatic hydroxyl groups is 1. The van der Waals surface area contributed by atoms with E-state index in [9.17, 15) is 0 Å². The fourth-order valence-corrected chi connectivity index (χ4v) is 2.67. The second kappa shape index (κ2) is 2.11. The van der Waals surface area contributed by atoms with Crippen molar-refractivity contribution < 1.29 is 5.11 Å². The van der Waals surface area contributed by atoms with Crippen LogP contribution < -0.4 is 0 Å². The van der Waals surface area contributed by atoms with Gasteiger partial charge in [0, 0.05) is 11.8 Å². The van der Waals surface area contributed by atoms with Crippen molar-refractivity contribution in [2.45, 2.75) is 0 Å². The molecule has 0 saturated heterocycles. The molecule has 1 nitrogen and oxygen atoms in total. The predicted octanol–water partition coefficient (Wildman–Crippen LogP) is 1.52. The zero-order valence-electron chi connectivity index (χ0n) is 6.85. The van der Waals surface area contributed by atoms with Gasteiger partial charge in [-0.05, 0) is 17.4 Å². The van der Waals surface area contributed by atoms with Gasteiger partial charge in [0.2, 0.25) is 0 Å². The van der Waals surface area contributed by atoms with E-state index in [0.717, 1.165) is 5.92 Å². The van der Waals surface area contributed by atoms with Crippen LogP contribution in [0, 0.1) is 23.7 Å². The molecule has 1 heteroatoms. The third kappa shape index (κ3) is 0.632. The molecule has 0 aromatic carbocycles. The first-order chi connectivity index (χ1) is 5.90. The van der Waals surface area contributed by atoms with Gasteiger partial charge in [0.1, 0.15) is 0 Å². The fraction of sp³-hybridized carbons (Fsp3) is 0.455. The summed E-state index contributed by atoms with van der Waals surface area (Å²) in [4.78, 5) is 0. The van der Waals surface area contributed by atoms with E-state index >= 15 is 0 Å². The molecule has 4 aliphatic rings. The van der Waals surface area contributed by atoms with E-state index in [1.807, 2.05) is 0 Å². The van der Waals surface area contributed by atoms with Crippen LogP contribution in [-0.4, -0.2) is 11.7 Å². The number of allylic oxidation sites excluding steroid dienone is 5. The molecular weight excluding hydrogens is 148 g/mol. The molecule has 0 heterocycles. The maximum absolute atomic E-state index is 9.11. The van der Waals surface area contributed by atoms with Gasteiger partial charge in [-0.15, -0.1) is 0 Å². The summed E-state index contributed by atoms with van der Waals surface area (Å²) in [5.74, 6) is 2.53. The smallest absolute Gasteiger partial charge is 0.0647 e. The van der Waals surface area contributed by atoms with Crippen molar-refractivity contribution in [2.75, 3.05) is 6.61 Å². The zero-order valence-corrected chi connectivity index (χ0v) is 6.85. The summed E-state index contributed by atoms with van der Waals surface area (Å²) in [5.41, 5.74) is 1.23. The molecule has 0 fully saturated rings. The summed E-state index contributed by atoms with van der Waals surface area (Å²) in [5, 5.41) is 9.11. The highest BCUT2D eigenvalue weighted by molar-refractivity contribution is 5.37. The van der Waals surface area contributed by atoms with Gasteiger partial charge < -0.3 is 5.11 Å². The average Bonchev–Trinajstić information content (AvgIpc) is 2.04. The van der Waals surface area contributed by atoms with Gasteiger partial charge in [-0.2, -0.15) is 0 Å². The van der Waals surface area contributed by atoms with E-state index in [1.165, 1.54) is 5.57 Å². The Kier molecular flexibility index (Phi) is 1.17. The first-order valence-electron chi connectivity index (χ1n) is 4.58. The SMILES string of the molecule is OCC1=C[C@H]2C=C[C@H]1[C@H]1C=C[C@@H]21. The molecule has 12 heavy (non-hydrogen) atoms. The van der Waals surface area contributed by atoms with Crippen LogP contribution in [-0.2, 0) is 0 Å². The maximum Gasteiger partial charge on any atom is 0.0647 e. The van der Waals surface area contributed by atoms with E-state index in [1.54, 1.807) is 0 Å². The van der Waals surface area contributed by atoms with Crippen LogP contribution in [0.4, 0.5) is 0 Å². The molecule has 4 atom stereocenters. The maximum atomic E-state index is 9.11. The molecule has 1 N–H and O–H groups in total. The first kappa shape index (κ1) is 6.67. The molecule has 0 amide bonds. The van der Waals surface area contributed by atoms with Crippen molar-refractivity contribution in [3.8, 4) is 0 Å². The molecule has 0 aliphatic heterocycles. The highest BCUT2D eigenvalue weighted by atomic mass is 16.3. The standard InChI is InChI=1S/C11H12O/c12-6-8-5-7-1-2-10(8)11-4-3-9(7)11/h1-5,7,9-12H,6H2/t7-,9+,10-,11+/m1/s1. The second-order valence-corrected chi connectivity index (χ2v) is 3.93. The van der Waals surface area contributed by atoms with Gasteiger partial charge in [-0.1, -0.05) is 30.4 Å². The Labute approximate surface area is 72.1 Å². The molecule has 4 rings (SSSR count). The van der Waals surface area contributed by atoms with Crippen molar-refractivity contribution >= 4 is 0 Å². The lowest BCUT2D eigenvalue weighted by Gasteiger charge is -2.46. The molecule has 62 valence electrons. The fourth-order valence-electron chi connectivity index (χ4n) is 2.67. The average molecular weight is 160 g/mol. The number of hydrogen-bond acceptors (Lipinski definition) is 1. The lowest BCUT2D eigenvalue weighted by Crippen LogP contribution is -2.39. The van der Waals surface area contributed by atoms with Crippen molar-refractivity contribution in [3.63, 3.8) is 0 Å². The summed E-state index contributed by atoms with van der Waals surface area (Å²) >= 11 is 0. The van der Waals surface area contributed by atoms with E-state index in [2.05, 4.69) is 30.4 Å². The van der Waals surface area contributed by atoms with Crippen LogP contribution in [0.15, 0.2) is 36.0 Å². The molecule has 0 spiro atoms. The largest absolute Gasteiger partial charge is 0.392 e. The summed E-state index contributed by atoms with van der Waals surface area (Å²) in [6.45, 7) is 0.239. The van der Waals surface area contributed by atoms with Crippen molar-refractivity contribution in [1.29, 1.82) is 0 Å². The van der Waals surface area contributed by atoms with Gasteiger partial charge in [-0.25, -0.2) is 0 Å². The third-order valence-electron chi connectivity index (χ3n) is 3.42. The minimum atomic E-state index is 0.239. The zero-order chi connectivity index (χ0) is 8.13. The highest BCUT2D eigenvalue weighted by Crippen LogP contribution is 2.49. The van der Waals surface area contributed by atoms with Crippen LogP contribution in [0.2, 0.25) is 0 Å². The van der Waals surface area contributed by atoms with Crippen molar-refractivity contribution in [1.82, 2.24) is 0 Å². The van der Waals surface area contributed by atoms with E-state index < -0.39 is 0 Å². The quantitative estimate of drug-likeness (QED) is 0.577. The minimum Gasteiger partial charge on any atom is -0.392 e. The van der Waals surface area contributed by atoms with Crippen molar-refractivity contribution in [3.05, 3.63) is 36.0 Å². The monoisotopic (exact) mass is 160 g/mol. The molecule has 0 unspecified atom stereocenters. The first-order valence-corrected chi connectivity index (χ1v) is 4.58. The second-order valence-electron chi connectivity index (χ2n) is 3.93. The van der Waals surface area contributed by atoms with E-state index in [-0.39, 0.29) is 6.61 Å². The van der Waals surface area contributed by atoms with Gasteiger partial charge in [0.05, 0.1) is 6.61 Å². The molecule has 4 aliphatic carbocycles. The van der Waals surface area contributed by atoms with Crippen LogP contribution in [0.1, 0.15) is 0 Å². The minimum absolute atomic E-state index is 0.239. The van der Waals surface area contributed by atoms with E-state index in [4.69, 9.17) is 5.11 Å². The summed E-state index contributed by atoms with van der Waals surface area (Å²) < 4.78 is 0. The molecular formula is C11H12O.